The molecule has 1 aromatic heterocycles. The quantitative estimate of drug-likeness (QED) is 0.664. The minimum absolute atomic E-state index is 0.0921. The summed E-state index contributed by atoms with van der Waals surface area (Å²) in [6.45, 7) is 1.38. The highest BCUT2D eigenvalue weighted by Gasteiger charge is 2.30. The molecule has 1 N–H and O–H groups in total. The monoisotopic (exact) mass is 421 g/mol. The van der Waals surface area contributed by atoms with Gasteiger partial charge in [-0.1, -0.05) is 30.3 Å². The number of halogens is 1. The van der Waals surface area contributed by atoms with Gasteiger partial charge in [-0.25, -0.2) is 9.37 Å². The second kappa shape index (κ2) is 9.51. The summed E-state index contributed by atoms with van der Waals surface area (Å²) in [5.74, 6) is -0.961. The van der Waals surface area contributed by atoms with Crippen LogP contribution in [-0.2, 0) is 11.3 Å². The summed E-state index contributed by atoms with van der Waals surface area (Å²) in [6, 6.07) is 15.0. The van der Waals surface area contributed by atoms with Gasteiger partial charge in [0.1, 0.15) is 18.5 Å². The maximum Gasteiger partial charge on any atom is 0.253 e. The van der Waals surface area contributed by atoms with Crippen LogP contribution in [0.1, 0.15) is 34.8 Å². The molecule has 8 heteroatoms. The molecule has 0 spiro atoms. The summed E-state index contributed by atoms with van der Waals surface area (Å²) in [5, 5.41) is 7.28. The highest BCUT2D eigenvalue weighted by Crippen LogP contribution is 2.22. The zero-order valence-electron chi connectivity index (χ0n) is 17.0. The first-order valence-electron chi connectivity index (χ1n) is 10.3. The second-order valence-corrected chi connectivity index (χ2v) is 7.69. The van der Waals surface area contributed by atoms with Crippen molar-refractivity contribution in [1.29, 1.82) is 0 Å². The van der Waals surface area contributed by atoms with E-state index < -0.39 is 0 Å². The maximum absolute atomic E-state index is 13.2. The lowest BCUT2D eigenvalue weighted by atomic mass is 9.95. The number of benzene rings is 2. The highest BCUT2D eigenvalue weighted by molar-refractivity contribution is 5.94. The summed E-state index contributed by atoms with van der Waals surface area (Å²) < 4.78 is 14.9. The van der Waals surface area contributed by atoms with Gasteiger partial charge in [0.2, 0.25) is 5.91 Å². The molecule has 1 aliphatic heterocycles. The largest absolute Gasteiger partial charge is 0.347 e. The van der Waals surface area contributed by atoms with Gasteiger partial charge in [0.25, 0.3) is 5.91 Å². The van der Waals surface area contributed by atoms with Crippen molar-refractivity contribution in [1.82, 2.24) is 25.0 Å². The van der Waals surface area contributed by atoms with Crippen molar-refractivity contribution in [2.45, 2.75) is 25.4 Å². The fraction of sp³-hybridized carbons (Fsp3) is 0.304. The lowest BCUT2D eigenvalue weighted by Crippen LogP contribution is -2.46. The van der Waals surface area contributed by atoms with Gasteiger partial charge in [-0.3, -0.25) is 14.3 Å². The van der Waals surface area contributed by atoms with E-state index in [1.807, 2.05) is 30.3 Å². The standard InChI is InChI=1S/C23H24FN5O2/c24-20-10-8-18(9-11-20)23(31)28-12-4-7-19(13-28)22(30)27-21(14-29-16-25-15-26-29)17-5-2-1-3-6-17/h1-3,5-6,8-11,15-16,19,21H,4,7,12-14H2,(H,27,30). The van der Waals surface area contributed by atoms with Gasteiger partial charge in [0.15, 0.2) is 0 Å². The van der Waals surface area contributed by atoms with Crippen molar-refractivity contribution in [2.24, 2.45) is 5.92 Å². The third-order valence-electron chi connectivity index (χ3n) is 5.53. The molecule has 0 radical (unpaired) electrons. The Balaban J connectivity index is 1.44. The number of carbonyl (C=O) groups is 2. The molecule has 0 bridgehead atoms. The number of likely N-dealkylation sites (tertiary alicyclic amines) is 1. The molecule has 4 rings (SSSR count). The third-order valence-corrected chi connectivity index (χ3v) is 5.53. The van der Waals surface area contributed by atoms with Crippen LogP contribution >= 0.6 is 0 Å². The SMILES string of the molecule is O=C(NC(Cn1cncn1)c1ccccc1)C1CCCN(C(=O)c2ccc(F)cc2)C1. The number of amides is 2. The molecule has 0 saturated carbocycles. The van der Waals surface area contributed by atoms with Crippen LogP contribution in [-0.4, -0.2) is 44.6 Å². The van der Waals surface area contributed by atoms with Crippen LogP contribution in [0.4, 0.5) is 4.39 Å². The van der Waals surface area contributed by atoms with Crippen LogP contribution in [0.5, 0.6) is 0 Å². The van der Waals surface area contributed by atoms with E-state index in [4.69, 9.17) is 0 Å². The first kappa shape index (κ1) is 20.7. The first-order valence-corrected chi connectivity index (χ1v) is 10.3. The van der Waals surface area contributed by atoms with Crippen molar-refractivity contribution >= 4 is 11.8 Å². The molecule has 160 valence electrons. The molecular weight excluding hydrogens is 397 g/mol. The Morgan fingerprint density at radius 1 is 1.13 bits per heavy atom. The van der Waals surface area contributed by atoms with Crippen LogP contribution in [0.25, 0.3) is 0 Å². The number of piperidine rings is 1. The van der Waals surface area contributed by atoms with Crippen LogP contribution in [0.3, 0.4) is 0 Å². The molecular formula is C23H24FN5O2. The van der Waals surface area contributed by atoms with Gasteiger partial charge in [0, 0.05) is 18.7 Å². The fourth-order valence-corrected chi connectivity index (χ4v) is 3.87. The predicted octanol–water partition coefficient (Wildman–Crippen LogP) is 2.83. The van der Waals surface area contributed by atoms with Gasteiger partial charge in [-0.15, -0.1) is 0 Å². The lowest BCUT2D eigenvalue weighted by molar-refractivity contribution is -0.127. The van der Waals surface area contributed by atoms with Crippen LogP contribution in [0, 0.1) is 11.7 Å². The van der Waals surface area contributed by atoms with Crippen LogP contribution in [0.2, 0.25) is 0 Å². The van der Waals surface area contributed by atoms with E-state index in [-0.39, 0.29) is 29.6 Å². The Morgan fingerprint density at radius 2 is 1.90 bits per heavy atom. The van der Waals surface area contributed by atoms with E-state index in [9.17, 15) is 14.0 Å². The van der Waals surface area contributed by atoms with Crippen molar-refractivity contribution in [3.05, 3.63) is 84.2 Å². The molecule has 2 amide bonds. The molecule has 3 aromatic rings. The van der Waals surface area contributed by atoms with E-state index in [1.165, 1.54) is 30.6 Å². The number of nitrogens with one attached hydrogen (secondary N) is 1. The highest BCUT2D eigenvalue weighted by atomic mass is 19.1. The van der Waals surface area contributed by atoms with Gasteiger partial charge in [-0.05, 0) is 42.7 Å². The molecule has 1 fully saturated rings. The summed E-state index contributed by atoms with van der Waals surface area (Å²) in [6.07, 6.45) is 4.53. The summed E-state index contributed by atoms with van der Waals surface area (Å²) in [4.78, 5) is 31.6. The van der Waals surface area contributed by atoms with Crippen molar-refractivity contribution in [3.8, 4) is 0 Å². The predicted molar refractivity (Wildman–Crippen MR) is 112 cm³/mol. The Morgan fingerprint density at radius 3 is 2.61 bits per heavy atom. The van der Waals surface area contributed by atoms with E-state index >= 15 is 0 Å². The smallest absolute Gasteiger partial charge is 0.253 e. The van der Waals surface area contributed by atoms with E-state index in [0.717, 1.165) is 12.0 Å². The molecule has 2 atom stereocenters. The Kier molecular flexibility index (Phi) is 6.35. The van der Waals surface area contributed by atoms with Gasteiger partial charge in [-0.2, -0.15) is 5.10 Å². The third kappa shape index (κ3) is 5.14. The number of rotatable bonds is 6. The fourth-order valence-electron chi connectivity index (χ4n) is 3.87. The van der Waals surface area contributed by atoms with Gasteiger partial charge < -0.3 is 10.2 Å². The van der Waals surface area contributed by atoms with Crippen molar-refractivity contribution in [3.63, 3.8) is 0 Å². The van der Waals surface area contributed by atoms with E-state index in [0.29, 0.717) is 31.6 Å². The molecule has 1 saturated heterocycles. The van der Waals surface area contributed by atoms with Crippen LogP contribution in [0.15, 0.2) is 67.3 Å². The molecule has 2 aromatic carbocycles. The topological polar surface area (TPSA) is 80.1 Å². The average molecular weight is 421 g/mol. The van der Waals surface area contributed by atoms with Crippen molar-refractivity contribution < 1.29 is 14.0 Å². The molecule has 7 nitrogen and oxygen atoms in total. The molecule has 0 aliphatic carbocycles. The normalized spacial score (nSPS) is 17.2. The van der Waals surface area contributed by atoms with E-state index in [2.05, 4.69) is 15.4 Å². The number of hydrogen-bond acceptors (Lipinski definition) is 4. The summed E-state index contributed by atoms with van der Waals surface area (Å²) in [7, 11) is 0. The zero-order valence-corrected chi connectivity index (χ0v) is 17.0. The Bertz CT molecular complexity index is 1010. The van der Waals surface area contributed by atoms with Gasteiger partial charge >= 0.3 is 0 Å². The molecule has 2 unspecified atom stereocenters. The number of aromatic nitrogens is 3. The Hall–Kier alpha value is -3.55. The average Bonchev–Trinajstić information content (AvgIpc) is 3.32. The van der Waals surface area contributed by atoms with Gasteiger partial charge in [0.05, 0.1) is 18.5 Å². The minimum atomic E-state index is -0.383. The molecule has 2 heterocycles. The zero-order chi connectivity index (χ0) is 21.6. The molecule has 1 aliphatic rings. The number of hydrogen-bond donors (Lipinski definition) is 1. The first-order chi connectivity index (χ1) is 15.1. The van der Waals surface area contributed by atoms with Crippen LogP contribution < -0.4 is 5.32 Å². The summed E-state index contributed by atoms with van der Waals surface area (Å²) >= 11 is 0. The second-order valence-electron chi connectivity index (χ2n) is 7.69. The maximum atomic E-state index is 13.2. The minimum Gasteiger partial charge on any atom is -0.347 e. The Labute approximate surface area is 179 Å². The lowest BCUT2D eigenvalue weighted by Gasteiger charge is -2.33. The number of nitrogens with zero attached hydrogens (tertiary/aromatic N) is 4. The summed E-state index contributed by atoms with van der Waals surface area (Å²) in [5.41, 5.74) is 1.40. The molecule has 31 heavy (non-hydrogen) atoms. The number of carbonyl (C=O) groups excluding carboxylic acids is 2. The van der Waals surface area contributed by atoms with E-state index in [1.54, 1.807) is 15.9 Å². The van der Waals surface area contributed by atoms with Crippen molar-refractivity contribution in [2.75, 3.05) is 13.1 Å².